The van der Waals surface area contributed by atoms with Crippen molar-refractivity contribution in [3.8, 4) is 0 Å². The summed E-state index contributed by atoms with van der Waals surface area (Å²) in [7, 11) is -4.55. The number of aliphatic hydroxyl groups is 1. The van der Waals surface area contributed by atoms with E-state index in [0.29, 0.717) is 0 Å². The molecule has 0 aromatic rings. The fourth-order valence-electron chi connectivity index (χ4n) is 1.84. The third-order valence-corrected chi connectivity index (χ3v) is 3.33. The van der Waals surface area contributed by atoms with Gasteiger partial charge in [0, 0.05) is 0 Å². The van der Waals surface area contributed by atoms with Gasteiger partial charge < -0.3 is 14.9 Å². The third kappa shape index (κ3) is 14.1. The topological polar surface area (TPSA) is 87.0 Å². The van der Waals surface area contributed by atoms with Crippen LogP contribution < -0.4 is 0 Å². The van der Waals surface area contributed by atoms with Gasteiger partial charge in [-0.1, -0.05) is 58.3 Å². The van der Waals surface area contributed by atoms with Gasteiger partial charge in [-0.25, -0.2) is 4.57 Å². The highest BCUT2D eigenvalue weighted by molar-refractivity contribution is 7.46. The molecule has 0 aliphatic rings. The Balaban J connectivity index is 3.22. The molecule has 0 aromatic heterocycles. The van der Waals surface area contributed by atoms with Gasteiger partial charge in [0.1, 0.15) is 0 Å². The van der Waals surface area contributed by atoms with Crippen LogP contribution in [-0.2, 0) is 9.09 Å². The molecule has 0 bridgehead atoms. The lowest BCUT2D eigenvalue weighted by Gasteiger charge is -2.11. The zero-order valence-electron chi connectivity index (χ0n) is 11.3. The molecule has 110 valence electrons. The van der Waals surface area contributed by atoms with Crippen LogP contribution >= 0.6 is 7.82 Å². The summed E-state index contributed by atoms with van der Waals surface area (Å²) in [4.78, 5) is 16.9. The third-order valence-electron chi connectivity index (χ3n) is 2.81. The van der Waals surface area contributed by atoms with Crippen LogP contribution in [0.3, 0.4) is 0 Å². The van der Waals surface area contributed by atoms with Crippen LogP contribution in [0.4, 0.5) is 0 Å². The molecule has 0 rings (SSSR count). The van der Waals surface area contributed by atoms with E-state index in [9.17, 15) is 9.67 Å². The average Bonchev–Trinajstić information content (AvgIpc) is 2.24. The van der Waals surface area contributed by atoms with E-state index < -0.39 is 14.1 Å². The average molecular weight is 282 g/mol. The first-order valence-electron chi connectivity index (χ1n) is 6.87. The number of hydrogen-bond acceptors (Lipinski definition) is 3. The van der Waals surface area contributed by atoms with E-state index in [1.807, 2.05) is 0 Å². The minimum atomic E-state index is -4.55. The quantitative estimate of drug-likeness (QED) is 0.290. The van der Waals surface area contributed by atoms with Crippen LogP contribution in [0.5, 0.6) is 0 Å². The fourth-order valence-corrected chi connectivity index (χ4v) is 2.26. The number of phosphoric acid groups is 1. The molecular weight excluding hydrogens is 255 g/mol. The van der Waals surface area contributed by atoms with E-state index in [1.165, 1.54) is 38.5 Å². The number of unbranched alkanes of at least 4 members (excludes halogenated alkanes) is 8. The Bertz CT molecular complexity index is 229. The van der Waals surface area contributed by atoms with E-state index >= 15 is 0 Å². The summed E-state index contributed by atoms with van der Waals surface area (Å²) in [6.07, 6.45) is 9.35. The first-order chi connectivity index (χ1) is 8.45. The fraction of sp³-hybridized carbons (Fsp3) is 1.00. The Morgan fingerprint density at radius 1 is 0.944 bits per heavy atom. The lowest BCUT2D eigenvalue weighted by molar-refractivity contribution is -0.0426. The lowest BCUT2D eigenvalue weighted by Crippen LogP contribution is -2.09. The van der Waals surface area contributed by atoms with Crippen LogP contribution in [0, 0.1) is 0 Å². The number of aliphatic hydroxyl groups excluding tert-OH is 1. The Hall–Kier alpha value is 0.0700. The first kappa shape index (κ1) is 18.1. The van der Waals surface area contributed by atoms with Crippen molar-refractivity contribution in [2.45, 2.75) is 77.4 Å². The molecule has 0 aromatic carbocycles. The molecule has 0 aliphatic carbocycles. The van der Waals surface area contributed by atoms with Gasteiger partial charge in [0.2, 0.25) is 0 Å². The maximum Gasteiger partial charge on any atom is 0.471 e. The van der Waals surface area contributed by atoms with Crippen LogP contribution in [0.1, 0.15) is 71.1 Å². The lowest BCUT2D eigenvalue weighted by atomic mass is 10.1. The molecule has 0 saturated heterocycles. The second-order valence-corrected chi connectivity index (χ2v) is 5.86. The highest BCUT2D eigenvalue weighted by atomic mass is 31.2. The summed E-state index contributed by atoms with van der Waals surface area (Å²) in [6, 6.07) is 0. The molecule has 0 spiro atoms. The van der Waals surface area contributed by atoms with Crippen molar-refractivity contribution in [2.24, 2.45) is 0 Å². The van der Waals surface area contributed by atoms with Crippen molar-refractivity contribution in [3.63, 3.8) is 0 Å². The van der Waals surface area contributed by atoms with Gasteiger partial charge in [0.15, 0.2) is 6.29 Å². The van der Waals surface area contributed by atoms with Crippen molar-refractivity contribution < 1.29 is 24.0 Å². The van der Waals surface area contributed by atoms with E-state index in [2.05, 4.69) is 11.4 Å². The summed E-state index contributed by atoms with van der Waals surface area (Å²) in [5.41, 5.74) is 0. The predicted molar refractivity (Wildman–Crippen MR) is 71.0 cm³/mol. The van der Waals surface area contributed by atoms with Crippen molar-refractivity contribution in [2.75, 3.05) is 0 Å². The maximum absolute atomic E-state index is 10.4. The Labute approximate surface area is 110 Å². The SMILES string of the molecule is CCCCCCCCCCCC(O)OP(=O)(O)O. The van der Waals surface area contributed by atoms with Gasteiger partial charge in [-0.05, 0) is 12.8 Å². The highest BCUT2D eigenvalue weighted by Crippen LogP contribution is 2.37. The summed E-state index contributed by atoms with van der Waals surface area (Å²) < 4.78 is 14.5. The molecule has 5 nitrogen and oxygen atoms in total. The molecule has 0 saturated carbocycles. The smallest absolute Gasteiger partial charge is 0.367 e. The summed E-state index contributed by atoms with van der Waals surface area (Å²) >= 11 is 0. The van der Waals surface area contributed by atoms with Crippen molar-refractivity contribution in [1.29, 1.82) is 0 Å². The molecule has 3 N–H and O–H groups in total. The summed E-state index contributed by atoms with van der Waals surface area (Å²) in [6.45, 7) is 2.20. The van der Waals surface area contributed by atoms with E-state index in [1.54, 1.807) is 0 Å². The normalized spacial score (nSPS) is 13.8. The Morgan fingerprint density at radius 2 is 1.39 bits per heavy atom. The van der Waals surface area contributed by atoms with Gasteiger partial charge in [-0.3, -0.25) is 4.52 Å². The molecule has 0 heterocycles. The molecule has 0 fully saturated rings. The first-order valence-corrected chi connectivity index (χ1v) is 8.40. The largest absolute Gasteiger partial charge is 0.471 e. The van der Waals surface area contributed by atoms with Gasteiger partial charge in [-0.2, -0.15) is 0 Å². The second kappa shape index (κ2) is 10.9. The zero-order valence-corrected chi connectivity index (χ0v) is 12.1. The van der Waals surface area contributed by atoms with E-state index in [4.69, 9.17) is 9.79 Å². The van der Waals surface area contributed by atoms with Gasteiger partial charge >= 0.3 is 7.82 Å². The standard InChI is InChI=1S/C12H27O5P/c1-2-3-4-5-6-7-8-9-10-11-12(13)17-18(14,15)16/h12-13H,2-11H2,1H3,(H2,14,15,16). The number of hydrogen-bond donors (Lipinski definition) is 3. The molecule has 0 amide bonds. The Morgan fingerprint density at radius 3 is 1.83 bits per heavy atom. The van der Waals surface area contributed by atoms with Gasteiger partial charge in [0.05, 0.1) is 0 Å². The van der Waals surface area contributed by atoms with E-state index in [0.717, 1.165) is 19.3 Å². The van der Waals surface area contributed by atoms with Gasteiger partial charge in [-0.15, -0.1) is 0 Å². The molecule has 18 heavy (non-hydrogen) atoms. The summed E-state index contributed by atoms with van der Waals surface area (Å²) in [5, 5.41) is 9.17. The zero-order chi connectivity index (χ0) is 13.9. The maximum atomic E-state index is 10.4. The van der Waals surface area contributed by atoms with Crippen LogP contribution in [0.15, 0.2) is 0 Å². The van der Waals surface area contributed by atoms with Crippen LogP contribution in [0.2, 0.25) is 0 Å². The van der Waals surface area contributed by atoms with Gasteiger partial charge in [0.25, 0.3) is 0 Å². The molecule has 0 aliphatic heterocycles. The van der Waals surface area contributed by atoms with Crippen molar-refractivity contribution >= 4 is 7.82 Å². The minimum Gasteiger partial charge on any atom is -0.367 e. The number of rotatable bonds is 12. The van der Waals surface area contributed by atoms with E-state index in [-0.39, 0.29) is 6.42 Å². The summed E-state index contributed by atoms with van der Waals surface area (Å²) in [5.74, 6) is 0. The van der Waals surface area contributed by atoms with Crippen molar-refractivity contribution in [1.82, 2.24) is 0 Å². The highest BCUT2D eigenvalue weighted by Gasteiger charge is 2.19. The monoisotopic (exact) mass is 282 g/mol. The molecule has 6 heteroatoms. The molecular formula is C12H27O5P. The molecule has 1 atom stereocenters. The van der Waals surface area contributed by atoms with Crippen molar-refractivity contribution in [3.05, 3.63) is 0 Å². The predicted octanol–water partition coefficient (Wildman–Crippen LogP) is 3.34. The molecule has 0 radical (unpaired) electrons. The minimum absolute atomic E-state index is 0.279. The Kier molecular flexibility index (Phi) is 11.0. The number of phosphoric ester groups is 1. The van der Waals surface area contributed by atoms with Crippen LogP contribution in [-0.4, -0.2) is 21.2 Å². The second-order valence-electron chi connectivity index (χ2n) is 4.67. The van der Waals surface area contributed by atoms with Crippen LogP contribution in [0.25, 0.3) is 0 Å². The molecule has 1 unspecified atom stereocenters.